The molecular formula is C20H20N2O. The molecule has 0 unspecified atom stereocenters. The fourth-order valence-corrected chi connectivity index (χ4v) is 2.74. The smallest absolute Gasteiger partial charge is 0.252 e. The number of hydrogen-bond acceptors (Lipinski definition) is 2. The number of carbonyl (C=O) groups is 1. The van der Waals surface area contributed by atoms with E-state index in [9.17, 15) is 4.79 Å². The van der Waals surface area contributed by atoms with Crippen molar-refractivity contribution >= 4 is 16.8 Å². The second-order valence-electron chi connectivity index (χ2n) is 5.94. The molecule has 0 aliphatic carbocycles. The van der Waals surface area contributed by atoms with Crippen molar-refractivity contribution in [3.8, 4) is 0 Å². The van der Waals surface area contributed by atoms with Gasteiger partial charge in [0.1, 0.15) is 0 Å². The number of pyridine rings is 1. The fourth-order valence-electron chi connectivity index (χ4n) is 2.74. The fraction of sp³-hybridized carbons (Fsp3) is 0.200. The molecule has 3 heteroatoms. The van der Waals surface area contributed by atoms with Gasteiger partial charge in [0, 0.05) is 17.6 Å². The van der Waals surface area contributed by atoms with Gasteiger partial charge < -0.3 is 5.32 Å². The molecule has 0 bridgehead atoms. The Morgan fingerprint density at radius 3 is 2.61 bits per heavy atom. The molecule has 116 valence electrons. The molecule has 3 aromatic rings. The molecule has 23 heavy (non-hydrogen) atoms. The van der Waals surface area contributed by atoms with E-state index in [0.29, 0.717) is 12.1 Å². The first-order chi connectivity index (χ1) is 11.0. The molecule has 3 nitrogen and oxygen atoms in total. The number of aryl methyl sites for hydroxylation is 3. The average Bonchev–Trinajstić information content (AvgIpc) is 2.53. The van der Waals surface area contributed by atoms with Gasteiger partial charge in [-0.25, -0.2) is 0 Å². The van der Waals surface area contributed by atoms with Crippen LogP contribution in [0.3, 0.4) is 0 Å². The van der Waals surface area contributed by atoms with Gasteiger partial charge in [-0.05, 0) is 50.1 Å². The maximum absolute atomic E-state index is 12.7. The summed E-state index contributed by atoms with van der Waals surface area (Å²) in [5, 5.41) is 3.93. The number of nitrogens with zero attached hydrogens (tertiary/aromatic N) is 1. The van der Waals surface area contributed by atoms with Gasteiger partial charge in [-0.2, -0.15) is 0 Å². The molecule has 1 heterocycles. The highest BCUT2D eigenvalue weighted by molar-refractivity contribution is 6.06. The standard InChI is InChI=1S/C20H20N2O/c1-13-8-9-19-17(10-13)18(11-15(3)22-19)20(23)21-12-16-7-5-4-6-14(16)2/h4-11H,12H2,1-3H3,(H,21,23). The van der Waals surface area contributed by atoms with E-state index in [1.54, 1.807) is 0 Å². The van der Waals surface area contributed by atoms with E-state index in [1.807, 2.05) is 56.3 Å². The first-order valence-electron chi connectivity index (χ1n) is 7.75. The van der Waals surface area contributed by atoms with Crippen LogP contribution in [0, 0.1) is 20.8 Å². The summed E-state index contributed by atoms with van der Waals surface area (Å²) in [4.78, 5) is 17.2. The minimum absolute atomic E-state index is 0.0608. The second-order valence-corrected chi connectivity index (χ2v) is 5.94. The van der Waals surface area contributed by atoms with E-state index in [4.69, 9.17) is 0 Å². The number of hydrogen-bond donors (Lipinski definition) is 1. The van der Waals surface area contributed by atoms with E-state index in [1.165, 1.54) is 5.56 Å². The highest BCUT2D eigenvalue weighted by Crippen LogP contribution is 2.20. The van der Waals surface area contributed by atoms with Crippen LogP contribution in [0.4, 0.5) is 0 Å². The molecular weight excluding hydrogens is 284 g/mol. The van der Waals surface area contributed by atoms with Gasteiger partial charge >= 0.3 is 0 Å². The average molecular weight is 304 g/mol. The monoisotopic (exact) mass is 304 g/mol. The summed E-state index contributed by atoms with van der Waals surface area (Å²) in [6, 6.07) is 15.9. The van der Waals surface area contributed by atoms with Gasteiger partial charge in [-0.1, -0.05) is 35.9 Å². The summed E-state index contributed by atoms with van der Waals surface area (Å²) in [7, 11) is 0. The van der Waals surface area contributed by atoms with E-state index >= 15 is 0 Å². The lowest BCUT2D eigenvalue weighted by molar-refractivity contribution is 0.0952. The summed E-state index contributed by atoms with van der Waals surface area (Å²) in [5.74, 6) is -0.0608. The summed E-state index contributed by atoms with van der Waals surface area (Å²) in [5.41, 5.74) is 5.83. The molecule has 2 aromatic carbocycles. The van der Waals surface area contributed by atoms with Crippen LogP contribution in [0.25, 0.3) is 10.9 Å². The van der Waals surface area contributed by atoms with Crippen molar-refractivity contribution in [1.82, 2.24) is 10.3 Å². The number of fused-ring (bicyclic) bond motifs is 1. The predicted octanol–water partition coefficient (Wildman–Crippen LogP) is 4.09. The third-order valence-electron chi connectivity index (χ3n) is 4.04. The van der Waals surface area contributed by atoms with Crippen molar-refractivity contribution in [3.63, 3.8) is 0 Å². The van der Waals surface area contributed by atoms with Crippen molar-refractivity contribution in [2.75, 3.05) is 0 Å². The van der Waals surface area contributed by atoms with Gasteiger partial charge in [-0.3, -0.25) is 9.78 Å². The number of carbonyl (C=O) groups excluding carboxylic acids is 1. The lowest BCUT2D eigenvalue weighted by Gasteiger charge is -2.11. The molecule has 0 saturated heterocycles. The number of aromatic nitrogens is 1. The van der Waals surface area contributed by atoms with E-state index in [2.05, 4.69) is 23.3 Å². The topological polar surface area (TPSA) is 42.0 Å². The molecule has 0 saturated carbocycles. The largest absolute Gasteiger partial charge is 0.348 e. The summed E-state index contributed by atoms with van der Waals surface area (Å²) in [6.45, 7) is 6.52. The van der Waals surface area contributed by atoms with E-state index in [0.717, 1.165) is 27.7 Å². The third-order valence-corrected chi connectivity index (χ3v) is 4.04. The van der Waals surface area contributed by atoms with Crippen molar-refractivity contribution in [3.05, 3.63) is 76.5 Å². The van der Waals surface area contributed by atoms with Gasteiger partial charge in [0.05, 0.1) is 11.1 Å². The van der Waals surface area contributed by atoms with Crippen LogP contribution >= 0.6 is 0 Å². The maximum Gasteiger partial charge on any atom is 0.252 e. The molecule has 0 radical (unpaired) electrons. The van der Waals surface area contributed by atoms with Crippen molar-refractivity contribution in [1.29, 1.82) is 0 Å². The van der Waals surface area contributed by atoms with Gasteiger partial charge in [-0.15, -0.1) is 0 Å². The normalized spacial score (nSPS) is 10.7. The predicted molar refractivity (Wildman–Crippen MR) is 93.6 cm³/mol. The molecule has 1 aromatic heterocycles. The molecule has 1 N–H and O–H groups in total. The van der Waals surface area contributed by atoms with Crippen LogP contribution in [0.1, 0.15) is 32.7 Å². The molecule has 1 amide bonds. The van der Waals surface area contributed by atoms with Crippen LogP contribution < -0.4 is 5.32 Å². The van der Waals surface area contributed by atoms with Crippen LogP contribution in [-0.4, -0.2) is 10.9 Å². The maximum atomic E-state index is 12.7. The number of amides is 1. The Morgan fingerprint density at radius 2 is 1.83 bits per heavy atom. The molecule has 0 atom stereocenters. The summed E-state index contributed by atoms with van der Waals surface area (Å²) < 4.78 is 0. The molecule has 0 spiro atoms. The minimum atomic E-state index is -0.0608. The second kappa shape index (κ2) is 6.21. The number of rotatable bonds is 3. The zero-order valence-corrected chi connectivity index (χ0v) is 13.7. The number of benzene rings is 2. The van der Waals surface area contributed by atoms with Gasteiger partial charge in [0.2, 0.25) is 0 Å². The minimum Gasteiger partial charge on any atom is -0.348 e. The van der Waals surface area contributed by atoms with E-state index < -0.39 is 0 Å². The van der Waals surface area contributed by atoms with Crippen molar-refractivity contribution in [2.24, 2.45) is 0 Å². The Bertz CT molecular complexity index is 884. The number of nitrogens with one attached hydrogen (secondary N) is 1. The lowest BCUT2D eigenvalue weighted by Crippen LogP contribution is -2.23. The third kappa shape index (κ3) is 3.24. The molecule has 0 aliphatic heterocycles. The zero-order chi connectivity index (χ0) is 16.4. The Hall–Kier alpha value is -2.68. The molecule has 3 rings (SSSR count). The first kappa shape index (κ1) is 15.2. The molecule has 0 fully saturated rings. The summed E-state index contributed by atoms with van der Waals surface area (Å²) >= 11 is 0. The van der Waals surface area contributed by atoms with Gasteiger partial charge in [0.25, 0.3) is 5.91 Å². The highest BCUT2D eigenvalue weighted by Gasteiger charge is 2.12. The van der Waals surface area contributed by atoms with Crippen LogP contribution in [-0.2, 0) is 6.54 Å². The van der Waals surface area contributed by atoms with E-state index in [-0.39, 0.29) is 5.91 Å². The summed E-state index contributed by atoms with van der Waals surface area (Å²) in [6.07, 6.45) is 0. The lowest BCUT2D eigenvalue weighted by atomic mass is 10.0. The van der Waals surface area contributed by atoms with Crippen LogP contribution in [0.15, 0.2) is 48.5 Å². The van der Waals surface area contributed by atoms with Crippen LogP contribution in [0.5, 0.6) is 0 Å². The zero-order valence-electron chi connectivity index (χ0n) is 13.7. The Balaban J connectivity index is 1.91. The van der Waals surface area contributed by atoms with Crippen molar-refractivity contribution in [2.45, 2.75) is 27.3 Å². The Labute approximate surface area is 136 Å². The highest BCUT2D eigenvalue weighted by atomic mass is 16.1. The Morgan fingerprint density at radius 1 is 1.04 bits per heavy atom. The van der Waals surface area contributed by atoms with Crippen molar-refractivity contribution < 1.29 is 4.79 Å². The Kier molecular flexibility index (Phi) is 4.11. The first-order valence-corrected chi connectivity index (χ1v) is 7.75. The van der Waals surface area contributed by atoms with Gasteiger partial charge in [0.15, 0.2) is 0 Å². The van der Waals surface area contributed by atoms with Crippen LogP contribution in [0.2, 0.25) is 0 Å². The molecule has 0 aliphatic rings. The SMILES string of the molecule is Cc1ccc2nc(C)cc(C(=O)NCc3ccccc3C)c2c1. The quantitative estimate of drug-likeness (QED) is 0.792.